The normalized spacial score (nSPS) is 13.2. The number of rotatable bonds is 5. The predicted octanol–water partition coefficient (Wildman–Crippen LogP) is 4.02. The van der Waals surface area contributed by atoms with Crippen LogP contribution in [-0.2, 0) is 17.8 Å². The standard InChI is InChI=1S/C23H22ClFN6O2/c1-26-22(33)16-4-3-5-18(25)20(16)29-21-17(24)11-27-23(30-21)28-15-8-6-13-7-9-19(32)31(2)12-14(13)10-15/h3-6,8,10-11H,7,9,12H2,1-2H3,(H,26,33)(H2,27,28,29,30). The lowest BCUT2D eigenvalue weighted by Crippen LogP contribution is -2.24. The van der Waals surface area contributed by atoms with E-state index in [2.05, 4.69) is 25.9 Å². The van der Waals surface area contributed by atoms with E-state index in [9.17, 15) is 14.0 Å². The van der Waals surface area contributed by atoms with Crippen molar-refractivity contribution in [2.75, 3.05) is 24.7 Å². The molecule has 4 rings (SSSR count). The van der Waals surface area contributed by atoms with Gasteiger partial charge in [-0.2, -0.15) is 4.98 Å². The number of fused-ring (bicyclic) bond motifs is 1. The molecular formula is C23H22ClFN6O2. The number of carbonyl (C=O) groups excluding carboxylic acids is 2. The van der Waals surface area contributed by atoms with E-state index >= 15 is 0 Å². The summed E-state index contributed by atoms with van der Waals surface area (Å²) in [5, 5.41) is 8.58. The summed E-state index contributed by atoms with van der Waals surface area (Å²) in [4.78, 5) is 34.4. The molecule has 1 aliphatic rings. The number of aromatic nitrogens is 2. The molecule has 2 heterocycles. The Morgan fingerprint density at radius 2 is 1.97 bits per heavy atom. The summed E-state index contributed by atoms with van der Waals surface area (Å²) in [5.74, 6) is -0.581. The lowest BCUT2D eigenvalue weighted by molar-refractivity contribution is -0.130. The number of nitrogens with zero attached hydrogens (tertiary/aromatic N) is 3. The molecular weight excluding hydrogens is 447 g/mol. The van der Waals surface area contributed by atoms with Gasteiger partial charge in [0, 0.05) is 32.7 Å². The number of carbonyl (C=O) groups is 2. The molecule has 0 saturated heterocycles. The van der Waals surface area contributed by atoms with Crippen molar-refractivity contribution in [3.8, 4) is 0 Å². The number of anilines is 4. The maximum atomic E-state index is 14.5. The molecule has 0 unspecified atom stereocenters. The van der Waals surface area contributed by atoms with E-state index in [1.807, 2.05) is 18.2 Å². The van der Waals surface area contributed by atoms with Crippen molar-refractivity contribution in [3.63, 3.8) is 0 Å². The van der Waals surface area contributed by atoms with E-state index in [-0.39, 0.29) is 33.9 Å². The fourth-order valence-electron chi connectivity index (χ4n) is 3.61. The minimum Gasteiger partial charge on any atom is -0.355 e. The number of benzene rings is 2. The highest BCUT2D eigenvalue weighted by Crippen LogP contribution is 2.29. The molecule has 3 aromatic rings. The SMILES string of the molecule is CNC(=O)c1cccc(F)c1Nc1nc(Nc2ccc3c(c2)CN(C)C(=O)CC3)ncc1Cl. The van der Waals surface area contributed by atoms with Gasteiger partial charge in [-0.3, -0.25) is 9.59 Å². The van der Waals surface area contributed by atoms with Crippen LogP contribution >= 0.6 is 11.6 Å². The van der Waals surface area contributed by atoms with Crippen LogP contribution in [0.4, 0.5) is 27.5 Å². The van der Waals surface area contributed by atoms with Crippen LogP contribution in [0.5, 0.6) is 0 Å². The molecule has 10 heteroatoms. The molecule has 170 valence electrons. The Labute approximate surface area is 195 Å². The predicted molar refractivity (Wildman–Crippen MR) is 125 cm³/mol. The van der Waals surface area contributed by atoms with E-state index in [4.69, 9.17) is 11.6 Å². The second kappa shape index (κ2) is 9.41. The molecule has 1 aliphatic heterocycles. The molecule has 0 aliphatic carbocycles. The van der Waals surface area contributed by atoms with Crippen LogP contribution in [0.25, 0.3) is 0 Å². The van der Waals surface area contributed by atoms with Crippen LogP contribution in [0.1, 0.15) is 27.9 Å². The van der Waals surface area contributed by atoms with Crippen LogP contribution in [0.2, 0.25) is 5.02 Å². The first-order valence-electron chi connectivity index (χ1n) is 10.3. The number of nitrogens with one attached hydrogen (secondary N) is 3. The number of para-hydroxylation sites is 1. The average molecular weight is 469 g/mol. The van der Waals surface area contributed by atoms with Gasteiger partial charge in [-0.1, -0.05) is 23.7 Å². The van der Waals surface area contributed by atoms with E-state index in [1.54, 1.807) is 11.9 Å². The van der Waals surface area contributed by atoms with Crippen LogP contribution in [0.3, 0.4) is 0 Å². The third kappa shape index (κ3) is 4.88. The van der Waals surface area contributed by atoms with Crippen molar-refractivity contribution in [3.05, 3.63) is 70.1 Å². The first kappa shape index (κ1) is 22.5. The van der Waals surface area contributed by atoms with Gasteiger partial charge < -0.3 is 20.9 Å². The number of halogens is 2. The monoisotopic (exact) mass is 468 g/mol. The molecule has 0 bridgehead atoms. The van der Waals surface area contributed by atoms with Crippen molar-refractivity contribution < 1.29 is 14.0 Å². The Balaban J connectivity index is 1.60. The van der Waals surface area contributed by atoms with Crippen molar-refractivity contribution in [1.29, 1.82) is 0 Å². The fraction of sp³-hybridized carbons (Fsp3) is 0.217. The molecule has 0 spiro atoms. The number of hydrogen-bond donors (Lipinski definition) is 3. The zero-order valence-corrected chi connectivity index (χ0v) is 18.8. The van der Waals surface area contributed by atoms with Crippen molar-refractivity contribution in [2.24, 2.45) is 0 Å². The molecule has 0 radical (unpaired) electrons. The molecule has 0 atom stereocenters. The zero-order chi connectivity index (χ0) is 23.5. The van der Waals surface area contributed by atoms with Crippen molar-refractivity contribution in [2.45, 2.75) is 19.4 Å². The van der Waals surface area contributed by atoms with E-state index in [1.165, 1.54) is 31.4 Å². The molecule has 3 N–H and O–H groups in total. The maximum absolute atomic E-state index is 14.5. The highest BCUT2D eigenvalue weighted by Gasteiger charge is 2.19. The summed E-state index contributed by atoms with van der Waals surface area (Å²) in [6.07, 6.45) is 2.57. The molecule has 0 fully saturated rings. The second-order valence-corrected chi connectivity index (χ2v) is 8.02. The quantitative estimate of drug-likeness (QED) is 0.523. The molecule has 0 saturated carbocycles. The minimum absolute atomic E-state index is 0.0406. The third-order valence-electron chi connectivity index (χ3n) is 5.38. The summed E-state index contributed by atoms with van der Waals surface area (Å²) in [5.41, 5.74) is 2.98. The average Bonchev–Trinajstić information content (AvgIpc) is 2.94. The largest absolute Gasteiger partial charge is 0.355 e. The van der Waals surface area contributed by atoms with Gasteiger partial charge in [0.15, 0.2) is 5.82 Å². The van der Waals surface area contributed by atoms with Crippen LogP contribution in [0, 0.1) is 5.82 Å². The maximum Gasteiger partial charge on any atom is 0.253 e. The first-order valence-corrected chi connectivity index (χ1v) is 10.7. The van der Waals surface area contributed by atoms with Gasteiger partial charge in [0.05, 0.1) is 17.4 Å². The summed E-state index contributed by atoms with van der Waals surface area (Å²) in [7, 11) is 3.25. The summed E-state index contributed by atoms with van der Waals surface area (Å²) >= 11 is 6.23. The van der Waals surface area contributed by atoms with Crippen LogP contribution in [0.15, 0.2) is 42.6 Å². The van der Waals surface area contributed by atoms with Gasteiger partial charge in [-0.15, -0.1) is 0 Å². The van der Waals surface area contributed by atoms with E-state index in [0.29, 0.717) is 19.4 Å². The lowest BCUT2D eigenvalue weighted by atomic mass is 10.0. The summed E-state index contributed by atoms with van der Waals surface area (Å²) < 4.78 is 14.5. The van der Waals surface area contributed by atoms with Gasteiger partial charge >= 0.3 is 0 Å². The smallest absolute Gasteiger partial charge is 0.253 e. The first-order chi connectivity index (χ1) is 15.9. The Morgan fingerprint density at radius 1 is 1.15 bits per heavy atom. The number of aryl methyl sites for hydroxylation is 1. The second-order valence-electron chi connectivity index (χ2n) is 7.61. The molecule has 33 heavy (non-hydrogen) atoms. The number of hydrogen-bond acceptors (Lipinski definition) is 6. The minimum atomic E-state index is -0.621. The summed E-state index contributed by atoms with van der Waals surface area (Å²) in [6.45, 7) is 0.521. The number of amides is 2. The Hall–Kier alpha value is -3.72. The van der Waals surface area contributed by atoms with Gasteiger partial charge in [0.25, 0.3) is 5.91 Å². The van der Waals surface area contributed by atoms with Crippen LogP contribution < -0.4 is 16.0 Å². The van der Waals surface area contributed by atoms with Gasteiger partial charge in [-0.25, -0.2) is 9.37 Å². The molecule has 2 aromatic carbocycles. The topological polar surface area (TPSA) is 99.2 Å². The Morgan fingerprint density at radius 3 is 2.76 bits per heavy atom. The highest BCUT2D eigenvalue weighted by atomic mass is 35.5. The van der Waals surface area contributed by atoms with Crippen LogP contribution in [-0.4, -0.2) is 40.8 Å². The summed E-state index contributed by atoms with van der Waals surface area (Å²) in [6, 6.07) is 10.0. The Kier molecular flexibility index (Phi) is 6.41. The zero-order valence-electron chi connectivity index (χ0n) is 18.1. The van der Waals surface area contributed by atoms with E-state index in [0.717, 1.165) is 16.8 Å². The fourth-order valence-corrected chi connectivity index (χ4v) is 3.75. The van der Waals surface area contributed by atoms with Gasteiger partial charge in [0.2, 0.25) is 11.9 Å². The van der Waals surface area contributed by atoms with Gasteiger partial charge in [0.1, 0.15) is 10.8 Å². The molecule has 1 aromatic heterocycles. The third-order valence-corrected chi connectivity index (χ3v) is 5.65. The molecule has 8 nitrogen and oxygen atoms in total. The van der Waals surface area contributed by atoms with Crippen molar-refractivity contribution in [1.82, 2.24) is 20.2 Å². The lowest BCUT2D eigenvalue weighted by Gasteiger charge is -2.16. The highest BCUT2D eigenvalue weighted by molar-refractivity contribution is 6.33. The van der Waals surface area contributed by atoms with Crippen molar-refractivity contribution >= 4 is 46.6 Å². The molecule has 2 amide bonds. The van der Waals surface area contributed by atoms with Gasteiger partial charge in [-0.05, 0) is 41.8 Å². The van der Waals surface area contributed by atoms with E-state index < -0.39 is 11.7 Å². The Bertz CT molecular complexity index is 1240.